The Morgan fingerprint density at radius 3 is 2.50 bits per heavy atom. The second-order valence-corrected chi connectivity index (χ2v) is 6.85. The molecule has 5 heteroatoms. The molecule has 0 radical (unpaired) electrons. The van der Waals surface area contributed by atoms with Crippen LogP contribution in [0.1, 0.15) is 61.0 Å². The van der Waals surface area contributed by atoms with E-state index in [1.54, 1.807) is 0 Å². The number of rotatable bonds is 8. The molecule has 0 saturated heterocycles. The Morgan fingerprint density at radius 1 is 1.12 bits per heavy atom. The maximum atomic E-state index is 12.3. The lowest BCUT2D eigenvalue weighted by Gasteiger charge is -2.16. The van der Waals surface area contributed by atoms with Crippen molar-refractivity contribution in [3.05, 3.63) is 34.9 Å². The molecule has 0 bridgehead atoms. The third-order valence-electron chi connectivity index (χ3n) is 4.34. The summed E-state index contributed by atoms with van der Waals surface area (Å²) < 4.78 is 0. The minimum absolute atomic E-state index is 0.0117. The van der Waals surface area contributed by atoms with Gasteiger partial charge in [0.1, 0.15) is 6.04 Å². The average Bonchev–Trinajstić information content (AvgIpc) is 2.98. The number of hydrogen-bond donors (Lipinski definition) is 2. The summed E-state index contributed by atoms with van der Waals surface area (Å²) >= 11 is 0. The van der Waals surface area contributed by atoms with Crippen LogP contribution < -0.4 is 5.32 Å². The largest absolute Gasteiger partial charge is 0.480 e. The van der Waals surface area contributed by atoms with Crippen LogP contribution in [-0.4, -0.2) is 28.8 Å². The first kappa shape index (κ1) is 18.2. The first-order chi connectivity index (χ1) is 11.4. The van der Waals surface area contributed by atoms with E-state index in [1.807, 2.05) is 32.0 Å². The lowest BCUT2D eigenvalue weighted by atomic mass is 10.0. The van der Waals surface area contributed by atoms with E-state index in [-0.39, 0.29) is 24.5 Å². The van der Waals surface area contributed by atoms with Gasteiger partial charge >= 0.3 is 5.97 Å². The number of benzene rings is 1. The van der Waals surface area contributed by atoms with Gasteiger partial charge in [0.2, 0.25) is 5.91 Å². The smallest absolute Gasteiger partial charge is 0.326 e. The zero-order valence-electron chi connectivity index (χ0n) is 14.3. The first-order valence-electron chi connectivity index (χ1n) is 8.54. The standard InChI is InChI=1S/C19H25NO4/c1-12(2)10-16(19(23)24)20-18(22)9-8-17(21)15-7-6-13-4-3-5-14(13)11-15/h6-7,11-12,16H,3-5,8-10H2,1-2H3,(H,20,22)(H,23,24)/t16-/m1/s1. The van der Waals surface area contributed by atoms with Gasteiger partial charge in [-0.1, -0.05) is 26.0 Å². The molecule has 2 N–H and O–H groups in total. The van der Waals surface area contributed by atoms with Crippen molar-refractivity contribution in [2.24, 2.45) is 5.92 Å². The van der Waals surface area contributed by atoms with Crippen LogP contribution in [0, 0.1) is 5.92 Å². The Hall–Kier alpha value is -2.17. The number of fused-ring (bicyclic) bond motifs is 1. The zero-order valence-corrected chi connectivity index (χ0v) is 14.3. The van der Waals surface area contributed by atoms with Crippen LogP contribution in [0.5, 0.6) is 0 Å². The summed E-state index contributed by atoms with van der Waals surface area (Å²) in [6.07, 6.45) is 3.68. The number of nitrogens with one attached hydrogen (secondary N) is 1. The maximum absolute atomic E-state index is 12.3. The lowest BCUT2D eigenvalue weighted by Crippen LogP contribution is -2.41. The van der Waals surface area contributed by atoms with Crippen molar-refractivity contribution in [3.63, 3.8) is 0 Å². The van der Waals surface area contributed by atoms with Gasteiger partial charge in [-0.25, -0.2) is 4.79 Å². The molecule has 0 fully saturated rings. The molecular weight excluding hydrogens is 306 g/mol. The van der Waals surface area contributed by atoms with Gasteiger partial charge in [-0.2, -0.15) is 0 Å². The summed E-state index contributed by atoms with van der Waals surface area (Å²) in [5.74, 6) is -1.34. The minimum Gasteiger partial charge on any atom is -0.480 e. The Labute approximate surface area is 142 Å². The predicted molar refractivity (Wildman–Crippen MR) is 91.1 cm³/mol. The Kier molecular flexibility index (Phi) is 6.12. The topological polar surface area (TPSA) is 83.5 Å². The second-order valence-electron chi connectivity index (χ2n) is 6.85. The van der Waals surface area contributed by atoms with E-state index in [9.17, 15) is 14.4 Å². The number of amides is 1. The van der Waals surface area contributed by atoms with Gasteiger partial charge in [0.25, 0.3) is 0 Å². The van der Waals surface area contributed by atoms with Gasteiger partial charge in [-0.3, -0.25) is 9.59 Å². The molecule has 1 atom stereocenters. The Balaban J connectivity index is 1.86. The number of carboxylic acid groups (broad SMARTS) is 1. The van der Waals surface area contributed by atoms with Gasteiger partial charge in [0.15, 0.2) is 5.78 Å². The number of Topliss-reactive ketones (excluding diaryl/α,β-unsaturated/α-hetero) is 1. The molecule has 1 aliphatic rings. The quantitative estimate of drug-likeness (QED) is 0.718. The first-order valence-corrected chi connectivity index (χ1v) is 8.54. The highest BCUT2D eigenvalue weighted by molar-refractivity contribution is 5.98. The van der Waals surface area contributed by atoms with Crippen molar-refractivity contribution < 1.29 is 19.5 Å². The number of aryl methyl sites for hydroxylation is 2. The van der Waals surface area contributed by atoms with Crippen molar-refractivity contribution in [2.45, 2.75) is 58.4 Å². The van der Waals surface area contributed by atoms with Crippen molar-refractivity contribution in [3.8, 4) is 0 Å². The molecule has 0 aromatic heterocycles. The number of hydrogen-bond acceptors (Lipinski definition) is 3. The van der Waals surface area contributed by atoms with Crippen molar-refractivity contribution >= 4 is 17.7 Å². The van der Waals surface area contributed by atoms with E-state index in [1.165, 1.54) is 11.1 Å². The third-order valence-corrected chi connectivity index (χ3v) is 4.34. The molecular formula is C19H25NO4. The van der Waals surface area contributed by atoms with E-state index in [2.05, 4.69) is 5.32 Å². The van der Waals surface area contributed by atoms with Gasteiger partial charge in [-0.05, 0) is 48.8 Å². The van der Waals surface area contributed by atoms with Crippen molar-refractivity contribution in [1.29, 1.82) is 0 Å². The number of ketones is 1. The summed E-state index contributed by atoms with van der Waals surface area (Å²) in [4.78, 5) is 35.3. The molecule has 1 aromatic rings. The molecule has 24 heavy (non-hydrogen) atoms. The molecule has 0 saturated carbocycles. The van der Waals surface area contributed by atoms with E-state index >= 15 is 0 Å². The zero-order chi connectivity index (χ0) is 17.7. The highest BCUT2D eigenvalue weighted by atomic mass is 16.4. The highest BCUT2D eigenvalue weighted by Gasteiger charge is 2.21. The van der Waals surface area contributed by atoms with Crippen molar-refractivity contribution in [1.82, 2.24) is 5.32 Å². The summed E-state index contributed by atoms with van der Waals surface area (Å²) in [6.45, 7) is 3.80. The fraction of sp³-hybridized carbons (Fsp3) is 0.526. The summed E-state index contributed by atoms with van der Waals surface area (Å²) in [7, 11) is 0. The second kappa shape index (κ2) is 8.08. The fourth-order valence-electron chi connectivity index (χ4n) is 3.08. The summed E-state index contributed by atoms with van der Waals surface area (Å²) in [6, 6.07) is 4.86. The number of carboxylic acids is 1. The highest BCUT2D eigenvalue weighted by Crippen LogP contribution is 2.23. The summed E-state index contributed by atoms with van der Waals surface area (Å²) in [5, 5.41) is 11.6. The average molecular weight is 331 g/mol. The van der Waals surface area contributed by atoms with E-state index < -0.39 is 17.9 Å². The number of carbonyl (C=O) groups excluding carboxylic acids is 2. The van der Waals surface area contributed by atoms with Crippen LogP contribution in [0.3, 0.4) is 0 Å². The Bertz CT molecular complexity index is 636. The van der Waals surface area contributed by atoms with Crippen LogP contribution in [0.4, 0.5) is 0 Å². The number of aliphatic carboxylic acids is 1. The molecule has 0 unspecified atom stereocenters. The molecule has 0 spiro atoms. The molecule has 0 aliphatic heterocycles. The monoisotopic (exact) mass is 331 g/mol. The van der Waals surface area contributed by atoms with Gasteiger partial charge in [0, 0.05) is 18.4 Å². The van der Waals surface area contributed by atoms with Crippen LogP contribution in [0.25, 0.3) is 0 Å². The van der Waals surface area contributed by atoms with Crippen LogP contribution in [0.2, 0.25) is 0 Å². The summed E-state index contributed by atoms with van der Waals surface area (Å²) in [5.41, 5.74) is 3.18. The van der Waals surface area contributed by atoms with Crippen molar-refractivity contribution in [2.75, 3.05) is 0 Å². The van der Waals surface area contributed by atoms with Gasteiger partial charge in [0.05, 0.1) is 0 Å². The molecule has 1 amide bonds. The molecule has 130 valence electrons. The molecule has 1 aliphatic carbocycles. The Morgan fingerprint density at radius 2 is 1.83 bits per heavy atom. The minimum atomic E-state index is -1.04. The molecule has 0 heterocycles. The van der Waals surface area contributed by atoms with Crippen LogP contribution in [-0.2, 0) is 22.4 Å². The maximum Gasteiger partial charge on any atom is 0.326 e. The fourth-order valence-corrected chi connectivity index (χ4v) is 3.08. The van der Waals surface area contributed by atoms with Gasteiger partial charge < -0.3 is 10.4 Å². The predicted octanol–water partition coefficient (Wildman–Crippen LogP) is 2.75. The van der Waals surface area contributed by atoms with E-state index in [0.29, 0.717) is 12.0 Å². The van der Waals surface area contributed by atoms with E-state index in [4.69, 9.17) is 5.11 Å². The van der Waals surface area contributed by atoms with Crippen LogP contribution in [0.15, 0.2) is 18.2 Å². The molecule has 1 aromatic carbocycles. The van der Waals surface area contributed by atoms with E-state index in [0.717, 1.165) is 19.3 Å². The third kappa shape index (κ3) is 4.91. The molecule has 2 rings (SSSR count). The van der Waals surface area contributed by atoms with Crippen LogP contribution >= 0.6 is 0 Å². The normalized spacial score (nSPS) is 14.3. The van der Waals surface area contributed by atoms with Gasteiger partial charge in [-0.15, -0.1) is 0 Å². The SMILES string of the molecule is CC(C)C[C@@H](NC(=O)CCC(=O)c1ccc2c(c1)CCC2)C(=O)O. The molecule has 5 nitrogen and oxygen atoms in total. The number of carbonyl (C=O) groups is 3. The lowest BCUT2D eigenvalue weighted by molar-refractivity contribution is -0.142.